The van der Waals surface area contributed by atoms with Gasteiger partial charge in [-0.15, -0.1) is 11.3 Å². The molecule has 1 N–H and O–H groups in total. The van der Waals surface area contributed by atoms with E-state index in [4.69, 9.17) is 9.40 Å². The van der Waals surface area contributed by atoms with Crippen LogP contribution in [0.25, 0.3) is 21.7 Å². The first-order valence-electron chi connectivity index (χ1n) is 9.81. The number of fused-ring (bicyclic) bond motifs is 2. The van der Waals surface area contributed by atoms with Gasteiger partial charge in [0.25, 0.3) is 5.91 Å². The Kier molecular flexibility index (Phi) is 4.00. The van der Waals surface area contributed by atoms with Crippen LogP contribution in [0.4, 0.5) is 0 Å². The van der Waals surface area contributed by atoms with Gasteiger partial charge in [0, 0.05) is 31.9 Å². The molecule has 1 aromatic carbocycles. The van der Waals surface area contributed by atoms with Gasteiger partial charge in [0.15, 0.2) is 0 Å². The third kappa shape index (κ3) is 2.95. The number of nitrogens with one attached hydrogen (secondary N) is 1. The van der Waals surface area contributed by atoms with Crippen molar-refractivity contribution in [3.8, 4) is 11.5 Å². The van der Waals surface area contributed by atoms with Gasteiger partial charge in [-0.2, -0.15) is 5.10 Å². The molecule has 0 unspecified atom stereocenters. The van der Waals surface area contributed by atoms with Gasteiger partial charge in [0.1, 0.15) is 11.0 Å². The number of benzene rings is 1. The Bertz CT molecular complexity index is 1380. The SMILES string of the molecule is Cn1cc(-c2ncc(C(=O)N3CCc4[nH]cnc4[C@H]3c3nc4ccccc4s3)o2)cn1. The molecule has 0 radical (unpaired) electrons. The first-order valence-corrected chi connectivity index (χ1v) is 10.6. The van der Waals surface area contributed by atoms with E-state index in [1.165, 1.54) is 6.20 Å². The average Bonchev–Trinajstić information content (AvgIpc) is 3.57. The molecule has 10 heteroatoms. The Hall–Kier alpha value is -3.79. The number of carbonyl (C=O) groups is 1. The zero-order valence-electron chi connectivity index (χ0n) is 16.5. The Morgan fingerprint density at radius 3 is 3.00 bits per heavy atom. The Balaban J connectivity index is 1.40. The molecule has 0 saturated carbocycles. The maximum Gasteiger partial charge on any atom is 0.292 e. The van der Waals surface area contributed by atoms with E-state index < -0.39 is 0 Å². The molecule has 1 atom stereocenters. The van der Waals surface area contributed by atoms with Crippen molar-refractivity contribution in [3.63, 3.8) is 0 Å². The van der Waals surface area contributed by atoms with Crippen molar-refractivity contribution in [3.05, 3.63) is 71.3 Å². The lowest BCUT2D eigenvalue weighted by molar-refractivity contribution is 0.0659. The topological polar surface area (TPSA) is 106 Å². The van der Waals surface area contributed by atoms with Crippen LogP contribution >= 0.6 is 11.3 Å². The highest BCUT2D eigenvalue weighted by Crippen LogP contribution is 2.38. The lowest BCUT2D eigenvalue weighted by Crippen LogP contribution is -2.40. The second-order valence-corrected chi connectivity index (χ2v) is 8.43. The molecule has 6 rings (SSSR count). The van der Waals surface area contributed by atoms with E-state index in [0.717, 1.165) is 32.2 Å². The summed E-state index contributed by atoms with van der Waals surface area (Å²) in [4.78, 5) is 32.1. The summed E-state index contributed by atoms with van der Waals surface area (Å²) in [6, 6.07) is 7.58. The maximum absolute atomic E-state index is 13.5. The van der Waals surface area contributed by atoms with Crippen molar-refractivity contribution in [2.75, 3.05) is 6.54 Å². The number of thiazole rings is 1. The molecule has 0 bridgehead atoms. The van der Waals surface area contributed by atoms with Crippen LogP contribution < -0.4 is 0 Å². The maximum atomic E-state index is 13.5. The molecular weight excluding hydrogens is 414 g/mol. The Morgan fingerprint density at radius 1 is 1.26 bits per heavy atom. The largest absolute Gasteiger partial charge is 0.431 e. The third-order valence-electron chi connectivity index (χ3n) is 5.40. The van der Waals surface area contributed by atoms with Gasteiger partial charge in [-0.1, -0.05) is 12.1 Å². The number of amides is 1. The van der Waals surface area contributed by atoms with Gasteiger partial charge >= 0.3 is 0 Å². The predicted molar refractivity (Wildman–Crippen MR) is 113 cm³/mol. The summed E-state index contributed by atoms with van der Waals surface area (Å²) in [5.74, 6) is 0.315. The van der Waals surface area contributed by atoms with E-state index in [1.54, 1.807) is 39.6 Å². The summed E-state index contributed by atoms with van der Waals surface area (Å²) in [6.45, 7) is 0.525. The zero-order chi connectivity index (χ0) is 20.9. The number of aryl methyl sites for hydroxylation is 1. The van der Waals surface area contributed by atoms with Crippen LogP contribution in [0.1, 0.15) is 33.0 Å². The molecule has 31 heavy (non-hydrogen) atoms. The second-order valence-electron chi connectivity index (χ2n) is 7.37. The third-order valence-corrected chi connectivity index (χ3v) is 6.49. The summed E-state index contributed by atoms with van der Waals surface area (Å²) in [5.41, 5.74) is 3.49. The fourth-order valence-electron chi connectivity index (χ4n) is 3.93. The second kappa shape index (κ2) is 6.88. The molecule has 5 heterocycles. The summed E-state index contributed by atoms with van der Waals surface area (Å²) in [5, 5.41) is 4.96. The molecule has 5 aromatic rings. The van der Waals surface area contributed by atoms with Gasteiger partial charge < -0.3 is 14.3 Å². The fraction of sp³-hybridized carbons (Fsp3) is 0.190. The van der Waals surface area contributed by atoms with Gasteiger partial charge in [0.05, 0.1) is 40.2 Å². The zero-order valence-corrected chi connectivity index (χ0v) is 17.3. The van der Waals surface area contributed by atoms with Gasteiger partial charge in [0.2, 0.25) is 11.7 Å². The van der Waals surface area contributed by atoms with Crippen LogP contribution in [0.2, 0.25) is 0 Å². The van der Waals surface area contributed by atoms with Crippen molar-refractivity contribution < 1.29 is 9.21 Å². The number of rotatable bonds is 3. The minimum atomic E-state index is -0.383. The van der Waals surface area contributed by atoms with Crippen LogP contribution in [-0.2, 0) is 13.5 Å². The molecule has 4 aromatic heterocycles. The number of hydrogen-bond acceptors (Lipinski definition) is 7. The first kappa shape index (κ1) is 18.0. The van der Waals surface area contributed by atoms with E-state index in [2.05, 4.69) is 20.1 Å². The lowest BCUT2D eigenvalue weighted by atomic mass is 10.0. The van der Waals surface area contributed by atoms with E-state index in [0.29, 0.717) is 18.9 Å². The van der Waals surface area contributed by atoms with Gasteiger partial charge in [-0.25, -0.2) is 15.0 Å². The minimum absolute atomic E-state index is 0.184. The normalized spacial score (nSPS) is 16.0. The van der Waals surface area contributed by atoms with Crippen molar-refractivity contribution in [2.24, 2.45) is 7.05 Å². The highest BCUT2D eigenvalue weighted by atomic mass is 32.1. The van der Waals surface area contributed by atoms with E-state index in [9.17, 15) is 4.79 Å². The van der Waals surface area contributed by atoms with E-state index in [-0.39, 0.29) is 17.7 Å². The highest BCUT2D eigenvalue weighted by Gasteiger charge is 2.37. The minimum Gasteiger partial charge on any atom is -0.431 e. The fourth-order valence-corrected chi connectivity index (χ4v) is 5.02. The molecule has 1 aliphatic heterocycles. The summed E-state index contributed by atoms with van der Waals surface area (Å²) < 4.78 is 8.55. The Morgan fingerprint density at radius 2 is 2.16 bits per heavy atom. The number of para-hydroxylation sites is 1. The smallest absolute Gasteiger partial charge is 0.292 e. The van der Waals surface area contributed by atoms with Crippen molar-refractivity contribution in [1.29, 1.82) is 0 Å². The summed E-state index contributed by atoms with van der Waals surface area (Å²) >= 11 is 1.58. The Labute approximate surface area is 180 Å². The quantitative estimate of drug-likeness (QED) is 0.470. The number of hydrogen-bond donors (Lipinski definition) is 1. The van der Waals surface area contributed by atoms with Crippen molar-refractivity contribution >= 4 is 27.5 Å². The highest BCUT2D eigenvalue weighted by molar-refractivity contribution is 7.18. The van der Waals surface area contributed by atoms with E-state index in [1.807, 2.05) is 31.3 Å². The van der Waals surface area contributed by atoms with Crippen LogP contribution in [-0.4, -0.2) is 47.1 Å². The summed E-state index contributed by atoms with van der Waals surface area (Å²) in [7, 11) is 1.82. The van der Waals surface area contributed by atoms with Gasteiger partial charge in [-0.05, 0) is 12.1 Å². The summed E-state index contributed by atoms with van der Waals surface area (Å²) in [6.07, 6.45) is 7.28. The van der Waals surface area contributed by atoms with E-state index >= 15 is 0 Å². The van der Waals surface area contributed by atoms with Crippen LogP contribution in [0.3, 0.4) is 0 Å². The molecule has 9 nitrogen and oxygen atoms in total. The monoisotopic (exact) mass is 431 g/mol. The standard InChI is InChI=1S/C21H17N7O2S/c1-27-10-12(8-25-27)19-22-9-15(30-19)21(29)28-7-6-14-17(24-11-23-14)18(28)20-26-13-4-2-3-5-16(13)31-20/h2-5,8-11,18H,6-7H2,1H3,(H,23,24)/t18-/m0/s1. The number of nitrogens with zero attached hydrogens (tertiary/aromatic N) is 6. The van der Waals surface area contributed by atoms with Crippen LogP contribution in [0.15, 0.2) is 53.6 Å². The van der Waals surface area contributed by atoms with Crippen LogP contribution in [0, 0.1) is 0 Å². The van der Waals surface area contributed by atoms with Crippen molar-refractivity contribution in [2.45, 2.75) is 12.5 Å². The van der Waals surface area contributed by atoms with Crippen LogP contribution in [0.5, 0.6) is 0 Å². The number of carbonyl (C=O) groups excluding carboxylic acids is 1. The lowest BCUT2D eigenvalue weighted by Gasteiger charge is -2.33. The first-order chi connectivity index (χ1) is 15.2. The molecule has 0 saturated heterocycles. The molecule has 1 aliphatic rings. The molecule has 1 amide bonds. The average molecular weight is 431 g/mol. The number of aromatic amines is 1. The van der Waals surface area contributed by atoms with Gasteiger partial charge in [-0.3, -0.25) is 9.48 Å². The molecule has 0 fully saturated rings. The number of oxazole rings is 1. The molecule has 0 aliphatic carbocycles. The molecule has 154 valence electrons. The number of imidazole rings is 1. The molecule has 0 spiro atoms. The number of aromatic nitrogens is 6. The predicted octanol–water partition coefficient (Wildman–Crippen LogP) is 3.20. The molecular formula is C21H17N7O2S. The van der Waals surface area contributed by atoms with Crippen molar-refractivity contribution in [1.82, 2.24) is 34.6 Å². The number of H-pyrrole nitrogens is 1.